The molecule has 0 aromatic heterocycles. The van der Waals surface area contributed by atoms with Gasteiger partial charge in [-0.05, 0) is 46.5 Å². The molecule has 106 valence electrons. The predicted molar refractivity (Wildman–Crippen MR) is 71.4 cm³/mol. The molecule has 0 radical (unpaired) electrons. The molecule has 2 aromatic carbocycles. The number of amides is 3. The van der Waals surface area contributed by atoms with Crippen molar-refractivity contribution in [1.82, 2.24) is 10.6 Å². The van der Waals surface area contributed by atoms with Gasteiger partial charge in [0.2, 0.25) is 6.41 Å². The Morgan fingerprint density at radius 1 is 1.00 bits per heavy atom. The smallest absolute Gasteiger partial charge is 0.321 e. The monoisotopic (exact) mass is 288 g/mol. The highest BCUT2D eigenvalue weighted by molar-refractivity contribution is 5.87. The molecule has 4 nitrogen and oxygen atoms in total. The largest absolute Gasteiger partial charge is 0.327 e. The fourth-order valence-corrected chi connectivity index (χ4v) is 2.58. The van der Waals surface area contributed by atoms with E-state index in [0.29, 0.717) is 22.3 Å². The van der Waals surface area contributed by atoms with Crippen molar-refractivity contribution in [3.8, 4) is 11.1 Å². The predicted octanol–water partition coefficient (Wildman–Crippen LogP) is 2.49. The first-order chi connectivity index (χ1) is 10.1. The number of halogens is 2. The number of hydrogen-bond acceptors (Lipinski definition) is 2. The van der Waals surface area contributed by atoms with Crippen LogP contribution in [0.3, 0.4) is 0 Å². The SMILES string of the molecule is O=CNC(=O)NC1c2ccc(F)cc2-c2ccc(F)cc21. The van der Waals surface area contributed by atoms with Gasteiger partial charge in [0.1, 0.15) is 11.6 Å². The van der Waals surface area contributed by atoms with Crippen LogP contribution in [0.5, 0.6) is 0 Å². The topological polar surface area (TPSA) is 58.2 Å². The third-order valence-corrected chi connectivity index (χ3v) is 3.41. The van der Waals surface area contributed by atoms with Gasteiger partial charge in [-0.1, -0.05) is 12.1 Å². The first-order valence-corrected chi connectivity index (χ1v) is 6.20. The molecule has 2 N–H and O–H groups in total. The fourth-order valence-electron chi connectivity index (χ4n) is 2.58. The van der Waals surface area contributed by atoms with Crippen LogP contribution in [-0.2, 0) is 4.79 Å². The van der Waals surface area contributed by atoms with Gasteiger partial charge < -0.3 is 5.32 Å². The lowest BCUT2D eigenvalue weighted by Gasteiger charge is -2.15. The molecule has 0 heterocycles. The van der Waals surface area contributed by atoms with Gasteiger partial charge in [-0.3, -0.25) is 10.1 Å². The first kappa shape index (κ1) is 13.2. The van der Waals surface area contributed by atoms with E-state index in [1.807, 2.05) is 5.32 Å². The Kier molecular flexibility index (Phi) is 3.13. The third-order valence-electron chi connectivity index (χ3n) is 3.41. The van der Waals surface area contributed by atoms with Crippen molar-refractivity contribution in [2.45, 2.75) is 6.04 Å². The normalized spacial score (nSPS) is 15.0. The van der Waals surface area contributed by atoms with Crippen molar-refractivity contribution in [2.75, 3.05) is 0 Å². The van der Waals surface area contributed by atoms with Gasteiger partial charge in [0, 0.05) is 0 Å². The van der Waals surface area contributed by atoms with Crippen molar-refractivity contribution < 1.29 is 18.4 Å². The molecule has 2 aromatic rings. The molecule has 0 fully saturated rings. The molecule has 6 heteroatoms. The molecule has 1 aliphatic rings. The van der Waals surface area contributed by atoms with Crippen LogP contribution in [0.2, 0.25) is 0 Å². The molecule has 0 saturated carbocycles. The number of benzene rings is 2. The summed E-state index contributed by atoms with van der Waals surface area (Å²) in [6, 6.07) is 6.92. The second kappa shape index (κ2) is 4.97. The van der Waals surface area contributed by atoms with Crippen molar-refractivity contribution >= 4 is 12.4 Å². The molecule has 21 heavy (non-hydrogen) atoms. The van der Waals surface area contributed by atoms with Gasteiger partial charge in [0.05, 0.1) is 6.04 Å². The van der Waals surface area contributed by atoms with E-state index in [2.05, 4.69) is 5.32 Å². The average Bonchev–Trinajstić information content (AvgIpc) is 2.72. The number of carbonyl (C=O) groups excluding carboxylic acids is 2. The van der Waals surface area contributed by atoms with Crippen LogP contribution in [0.1, 0.15) is 17.2 Å². The van der Waals surface area contributed by atoms with Crippen molar-refractivity contribution in [3.63, 3.8) is 0 Å². The van der Waals surface area contributed by atoms with Gasteiger partial charge in [0.25, 0.3) is 0 Å². The lowest BCUT2D eigenvalue weighted by molar-refractivity contribution is -0.108. The average molecular weight is 288 g/mol. The maximum absolute atomic E-state index is 13.5. The second-order valence-corrected chi connectivity index (χ2v) is 4.63. The summed E-state index contributed by atoms with van der Waals surface area (Å²) in [7, 11) is 0. The summed E-state index contributed by atoms with van der Waals surface area (Å²) in [5.41, 5.74) is 2.43. The highest BCUT2D eigenvalue weighted by Crippen LogP contribution is 2.43. The zero-order valence-corrected chi connectivity index (χ0v) is 10.7. The Balaban J connectivity index is 2.10. The van der Waals surface area contributed by atoms with Crippen LogP contribution in [0.25, 0.3) is 11.1 Å². The number of carbonyl (C=O) groups is 2. The molecule has 1 unspecified atom stereocenters. The Morgan fingerprint density at radius 2 is 1.71 bits per heavy atom. The van der Waals surface area contributed by atoms with Gasteiger partial charge in [-0.25, -0.2) is 13.6 Å². The van der Waals surface area contributed by atoms with E-state index < -0.39 is 23.7 Å². The molecule has 1 aliphatic carbocycles. The van der Waals surface area contributed by atoms with E-state index in [-0.39, 0.29) is 6.41 Å². The summed E-state index contributed by atoms with van der Waals surface area (Å²) < 4.78 is 26.9. The Labute approximate surface area is 118 Å². The van der Waals surface area contributed by atoms with Crippen molar-refractivity contribution in [3.05, 3.63) is 59.2 Å². The fraction of sp³-hybridized carbons (Fsp3) is 0.0667. The molecule has 1 atom stereocenters. The lowest BCUT2D eigenvalue weighted by Crippen LogP contribution is -2.37. The van der Waals surface area contributed by atoms with Crippen LogP contribution >= 0.6 is 0 Å². The molecule has 0 saturated heterocycles. The Hall–Kier alpha value is -2.76. The van der Waals surface area contributed by atoms with Crippen LogP contribution in [0, 0.1) is 11.6 Å². The molecular formula is C15H10F2N2O2. The minimum atomic E-state index is -0.706. The van der Waals surface area contributed by atoms with Crippen LogP contribution in [0.15, 0.2) is 36.4 Å². The lowest BCUT2D eigenvalue weighted by atomic mass is 10.1. The zero-order valence-electron chi connectivity index (χ0n) is 10.7. The highest BCUT2D eigenvalue weighted by atomic mass is 19.1. The number of nitrogens with one attached hydrogen (secondary N) is 2. The molecule has 0 spiro atoms. The maximum atomic E-state index is 13.5. The van der Waals surface area contributed by atoms with Gasteiger partial charge >= 0.3 is 6.03 Å². The summed E-state index contributed by atoms with van der Waals surface area (Å²) in [6.45, 7) is 0. The van der Waals surface area contributed by atoms with E-state index in [0.717, 1.165) is 0 Å². The summed E-state index contributed by atoms with van der Waals surface area (Å²) >= 11 is 0. The molecule has 0 bridgehead atoms. The number of imide groups is 1. The van der Waals surface area contributed by atoms with Crippen LogP contribution < -0.4 is 10.6 Å². The van der Waals surface area contributed by atoms with Crippen LogP contribution in [-0.4, -0.2) is 12.4 Å². The summed E-state index contributed by atoms with van der Waals surface area (Å²) in [5, 5.41) is 4.53. The van der Waals surface area contributed by atoms with Gasteiger partial charge in [-0.15, -0.1) is 0 Å². The second-order valence-electron chi connectivity index (χ2n) is 4.63. The van der Waals surface area contributed by atoms with E-state index in [9.17, 15) is 18.4 Å². The molecule has 3 amide bonds. The summed E-state index contributed by atoms with van der Waals surface area (Å²) in [6.07, 6.45) is 0.252. The van der Waals surface area contributed by atoms with E-state index in [1.165, 1.54) is 30.3 Å². The number of rotatable bonds is 2. The Morgan fingerprint density at radius 3 is 2.48 bits per heavy atom. The number of hydrogen-bond donors (Lipinski definition) is 2. The minimum Gasteiger partial charge on any atom is -0.327 e. The molecular weight excluding hydrogens is 278 g/mol. The first-order valence-electron chi connectivity index (χ1n) is 6.20. The molecule has 0 aliphatic heterocycles. The number of urea groups is 1. The van der Waals surface area contributed by atoms with Crippen molar-refractivity contribution in [2.24, 2.45) is 0 Å². The minimum absolute atomic E-state index is 0.252. The van der Waals surface area contributed by atoms with E-state index in [4.69, 9.17) is 0 Å². The maximum Gasteiger partial charge on any atom is 0.321 e. The van der Waals surface area contributed by atoms with Crippen molar-refractivity contribution in [1.29, 1.82) is 0 Å². The third kappa shape index (κ3) is 2.24. The van der Waals surface area contributed by atoms with E-state index >= 15 is 0 Å². The zero-order chi connectivity index (χ0) is 15.0. The van der Waals surface area contributed by atoms with Gasteiger partial charge in [0.15, 0.2) is 0 Å². The summed E-state index contributed by atoms with van der Waals surface area (Å²) in [5.74, 6) is -0.869. The van der Waals surface area contributed by atoms with Gasteiger partial charge in [-0.2, -0.15) is 0 Å². The highest BCUT2D eigenvalue weighted by Gasteiger charge is 2.30. The Bertz CT molecular complexity index is 746. The molecule has 3 rings (SSSR count). The number of fused-ring (bicyclic) bond motifs is 3. The van der Waals surface area contributed by atoms with Crippen LogP contribution in [0.4, 0.5) is 13.6 Å². The summed E-state index contributed by atoms with van der Waals surface area (Å²) in [4.78, 5) is 21.8. The quantitative estimate of drug-likeness (QED) is 0.834. The standard InChI is InChI=1S/C15H10F2N2O2/c16-8-2-4-11-12(5-8)10-3-1-9(17)6-13(10)14(11)19-15(21)18-7-20/h1-7,14H,(H2,18,19,20,21). The van der Waals surface area contributed by atoms with E-state index in [1.54, 1.807) is 6.07 Å².